The van der Waals surface area contributed by atoms with Gasteiger partial charge in [-0.2, -0.15) is 13.2 Å². The lowest BCUT2D eigenvalue weighted by molar-refractivity contribution is -0.138. The predicted octanol–water partition coefficient (Wildman–Crippen LogP) is 4.88. The molecule has 1 aliphatic rings. The number of nitrogens with zero attached hydrogens (tertiary/aromatic N) is 1. The van der Waals surface area contributed by atoms with E-state index in [1.807, 2.05) is 0 Å². The van der Waals surface area contributed by atoms with Gasteiger partial charge in [0.25, 0.3) is 0 Å². The highest BCUT2D eigenvalue weighted by Gasteiger charge is 2.53. The van der Waals surface area contributed by atoms with Gasteiger partial charge in [0.05, 0.1) is 23.2 Å². The van der Waals surface area contributed by atoms with E-state index >= 15 is 0 Å². The Morgan fingerprint density at radius 1 is 1.10 bits per heavy atom. The average molecular weight is 425 g/mol. The van der Waals surface area contributed by atoms with Crippen molar-refractivity contribution in [3.05, 3.63) is 64.7 Å². The van der Waals surface area contributed by atoms with Crippen LogP contribution in [0.5, 0.6) is 0 Å². The fraction of sp³-hybridized carbons (Fsp3) is 0.333. The van der Waals surface area contributed by atoms with Crippen LogP contribution in [0, 0.1) is 0 Å². The average Bonchev–Trinajstić information content (AvgIpc) is 3.47. The summed E-state index contributed by atoms with van der Waals surface area (Å²) in [5, 5.41) is 2.85. The summed E-state index contributed by atoms with van der Waals surface area (Å²) in [7, 11) is 0. The smallest absolute Gasteiger partial charge is 0.333 e. The fourth-order valence-corrected chi connectivity index (χ4v) is 3.48. The molecule has 0 bridgehead atoms. The number of alkyl halides is 3. The van der Waals surface area contributed by atoms with Crippen LogP contribution in [-0.2, 0) is 21.2 Å². The van der Waals surface area contributed by atoms with Gasteiger partial charge in [-0.05, 0) is 49.6 Å². The monoisotopic (exact) mass is 424 g/mol. The van der Waals surface area contributed by atoms with Crippen molar-refractivity contribution >= 4 is 29.1 Å². The Labute approximate surface area is 171 Å². The molecular formula is C21H20ClF3N2O2. The molecule has 0 radical (unpaired) electrons. The first-order valence-electron chi connectivity index (χ1n) is 9.19. The molecule has 1 saturated carbocycles. The van der Waals surface area contributed by atoms with E-state index in [1.54, 1.807) is 31.2 Å². The number of anilines is 1. The molecule has 2 aromatic carbocycles. The van der Waals surface area contributed by atoms with Gasteiger partial charge < -0.3 is 10.2 Å². The number of likely N-dealkylation sites (N-methyl/N-ethyl adjacent to an activating group) is 1. The Kier molecular flexibility index (Phi) is 5.89. The van der Waals surface area contributed by atoms with Gasteiger partial charge in [-0.3, -0.25) is 9.59 Å². The molecule has 4 nitrogen and oxygen atoms in total. The van der Waals surface area contributed by atoms with Crippen molar-refractivity contribution in [1.29, 1.82) is 0 Å². The lowest BCUT2D eigenvalue weighted by atomic mass is 9.94. The summed E-state index contributed by atoms with van der Waals surface area (Å²) in [5.74, 6) is -0.884. The first kappa shape index (κ1) is 21.2. The van der Waals surface area contributed by atoms with Crippen molar-refractivity contribution in [2.45, 2.75) is 31.4 Å². The second-order valence-electron chi connectivity index (χ2n) is 7.00. The van der Waals surface area contributed by atoms with Gasteiger partial charge in [0.2, 0.25) is 11.8 Å². The summed E-state index contributed by atoms with van der Waals surface area (Å²) in [5.41, 5.74) is -1.12. The largest absolute Gasteiger partial charge is 0.418 e. The first-order valence-corrected chi connectivity index (χ1v) is 9.56. The minimum absolute atomic E-state index is 0.207. The minimum atomic E-state index is -4.59. The van der Waals surface area contributed by atoms with Crippen LogP contribution >= 0.6 is 11.6 Å². The predicted molar refractivity (Wildman–Crippen MR) is 105 cm³/mol. The topological polar surface area (TPSA) is 49.4 Å². The van der Waals surface area contributed by atoms with E-state index < -0.39 is 23.1 Å². The number of para-hydroxylation sites is 1. The molecule has 0 heterocycles. The summed E-state index contributed by atoms with van der Waals surface area (Å²) < 4.78 is 39.3. The lowest BCUT2D eigenvalue weighted by Gasteiger charge is -2.26. The molecule has 0 saturated heterocycles. The van der Waals surface area contributed by atoms with Gasteiger partial charge in [-0.25, -0.2) is 0 Å². The van der Waals surface area contributed by atoms with E-state index in [-0.39, 0.29) is 24.7 Å². The van der Waals surface area contributed by atoms with Crippen LogP contribution in [0.15, 0.2) is 48.5 Å². The van der Waals surface area contributed by atoms with Crippen LogP contribution in [0.3, 0.4) is 0 Å². The highest BCUT2D eigenvalue weighted by atomic mass is 35.5. The number of rotatable bonds is 6. The second kappa shape index (κ2) is 8.06. The number of amides is 2. The highest BCUT2D eigenvalue weighted by molar-refractivity contribution is 6.30. The minimum Gasteiger partial charge on any atom is -0.333 e. The van der Waals surface area contributed by atoms with Gasteiger partial charge in [-0.1, -0.05) is 35.9 Å². The summed E-state index contributed by atoms with van der Waals surface area (Å²) in [6.45, 7) is 1.67. The molecule has 2 aromatic rings. The van der Waals surface area contributed by atoms with E-state index in [1.165, 1.54) is 23.1 Å². The molecule has 8 heteroatoms. The lowest BCUT2D eigenvalue weighted by Crippen LogP contribution is -2.43. The van der Waals surface area contributed by atoms with Crippen molar-refractivity contribution in [2.75, 3.05) is 18.4 Å². The fourth-order valence-electron chi connectivity index (χ4n) is 3.35. The van der Waals surface area contributed by atoms with Gasteiger partial charge in [-0.15, -0.1) is 0 Å². The first-order chi connectivity index (χ1) is 13.7. The molecule has 154 valence electrons. The zero-order chi connectivity index (χ0) is 21.2. The molecule has 29 heavy (non-hydrogen) atoms. The number of hydrogen-bond acceptors (Lipinski definition) is 2. The molecule has 3 rings (SSSR count). The maximum atomic E-state index is 13.1. The maximum absolute atomic E-state index is 13.1. The third kappa shape index (κ3) is 4.56. The number of carbonyl (C=O) groups excluding carboxylic acids is 2. The number of nitrogens with one attached hydrogen (secondary N) is 1. The summed E-state index contributed by atoms with van der Waals surface area (Å²) >= 11 is 5.91. The van der Waals surface area contributed by atoms with Crippen molar-refractivity contribution in [3.8, 4) is 0 Å². The molecule has 0 spiro atoms. The third-order valence-electron chi connectivity index (χ3n) is 5.07. The summed E-state index contributed by atoms with van der Waals surface area (Å²) in [4.78, 5) is 26.9. The second-order valence-corrected chi connectivity index (χ2v) is 7.44. The van der Waals surface area contributed by atoms with Crippen LogP contribution in [-0.4, -0.2) is 29.8 Å². The van der Waals surface area contributed by atoms with Gasteiger partial charge >= 0.3 is 6.18 Å². The normalized spacial score (nSPS) is 14.9. The Morgan fingerprint density at radius 3 is 2.28 bits per heavy atom. The zero-order valence-corrected chi connectivity index (χ0v) is 16.5. The number of halogens is 4. The molecule has 0 unspecified atom stereocenters. The third-order valence-corrected chi connectivity index (χ3v) is 5.32. The Morgan fingerprint density at radius 2 is 1.72 bits per heavy atom. The summed E-state index contributed by atoms with van der Waals surface area (Å²) in [6.07, 6.45) is -3.28. The van der Waals surface area contributed by atoms with Crippen LogP contribution in [0.4, 0.5) is 18.9 Å². The molecular weight excluding hydrogens is 405 g/mol. The molecule has 0 atom stereocenters. The number of hydrogen-bond donors (Lipinski definition) is 1. The molecule has 0 aromatic heterocycles. The molecule has 0 aliphatic heterocycles. The van der Waals surface area contributed by atoms with Crippen molar-refractivity contribution in [3.63, 3.8) is 0 Å². The highest BCUT2D eigenvalue weighted by Crippen LogP contribution is 2.49. The van der Waals surface area contributed by atoms with Crippen molar-refractivity contribution < 1.29 is 22.8 Å². The van der Waals surface area contributed by atoms with E-state index in [0.717, 1.165) is 11.6 Å². The van der Waals surface area contributed by atoms with Gasteiger partial charge in [0.1, 0.15) is 0 Å². The Balaban J connectivity index is 1.73. The quantitative estimate of drug-likeness (QED) is 0.718. The Hall–Kier alpha value is -2.54. The zero-order valence-electron chi connectivity index (χ0n) is 15.7. The number of carbonyl (C=O) groups is 2. The van der Waals surface area contributed by atoms with Crippen LogP contribution in [0.1, 0.15) is 30.9 Å². The molecule has 1 fully saturated rings. The molecule has 2 amide bonds. The van der Waals surface area contributed by atoms with E-state index in [9.17, 15) is 22.8 Å². The van der Waals surface area contributed by atoms with Gasteiger partial charge in [0.15, 0.2) is 0 Å². The van der Waals surface area contributed by atoms with Gasteiger partial charge in [0, 0.05) is 11.6 Å². The van der Waals surface area contributed by atoms with Crippen LogP contribution < -0.4 is 5.32 Å². The SMILES string of the molecule is CCN(CC(=O)Nc1ccccc1C(F)(F)F)C(=O)C1(c2ccc(Cl)cc2)CC1. The number of benzene rings is 2. The molecule has 1 aliphatic carbocycles. The van der Waals surface area contributed by atoms with Crippen LogP contribution in [0.25, 0.3) is 0 Å². The van der Waals surface area contributed by atoms with E-state index in [0.29, 0.717) is 17.9 Å². The Bertz CT molecular complexity index is 909. The van der Waals surface area contributed by atoms with E-state index in [2.05, 4.69) is 5.32 Å². The van der Waals surface area contributed by atoms with Crippen molar-refractivity contribution in [2.24, 2.45) is 0 Å². The maximum Gasteiger partial charge on any atom is 0.418 e. The van der Waals surface area contributed by atoms with Crippen LogP contribution in [0.2, 0.25) is 5.02 Å². The standard InChI is InChI=1S/C21H20ClF3N2O2/c1-2-27(19(29)20(11-12-20)14-7-9-15(22)10-8-14)13-18(28)26-17-6-4-3-5-16(17)21(23,24)25/h3-10H,2,11-13H2,1H3,(H,26,28). The van der Waals surface area contributed by atoms with Crippen molar-refractivity contribution in [1.82, 2.24) is 4.90 Å². The summed E-state index contributed by atoms with van der Waals surface area (Å²) in [6, 6.07) is 11.8. The van der Waals surface area contributed by atoms with E-state index in [4.69, 9.17) is 11.6 Å². The molecule has 1 N–H and O–H groups in total.